The fraction of sp³-hybridized carbons (Fsp3) is 0. The van der Waals surface area contributed by atoms with Gasteiger partial charge in [0.05, 0.1) is 0 Å². The predicted molar refractivity (Wildman–Crippen MR) is 52.0 cm³/mol. The van der Waals surface area contributed by atoms with E-state index in [4.69, 9.17) is 4.52 Å². The molecule has 13 heavy (non-hydrogen) atoms. The largest absolute Gasteiger partial charge is 0.363 e. The molecule has 0 fully saturated rings. The van der Waals surface area contributed by atoms with E-state index < -0.39 is 0 Å². The molecule has 1 heterocycles. The third-order valence-corrected chi connectivity index (χ3v) is 1.86. The zero-order chi connectivity index (χ0) is 9.10. The molecule has 0 atom stereocenters. The van der Waals surface area contributed by atoms with Crippen molar-refractivity contribution < 1.29 is 4.52 Å². The molecule has 1 aromatic heterocycles. The minimum atomic E-state index is 0.843. The summed E-state index contributed by atoms with van der Waals surface area (Å²) in [6.07, 6.45) is 3.33. The van der Waals surface area contributed by atoms with Gasteiger partial charge in [0.2, 0.25) is 0 Å². The van der Waals surface area contributed by atoms with Crippen molar-refractivity contribution >= 4 is 6.08 Å². The van der Waals surface area contributed by atoms with Crippen molar-refractivity contribution in [1.82, 2.24) is 5.16 Å². The Balaban J connectivity index is 2.52. The Kier molecular flexibility index (Phi) is 1.96. The van der Waals surface area contributed by atoms with Crippen LogP contribution in [0.15, 0.2) is 47.7 Å². The molecule has 0 N–H and O–H groups in total. The number of rotatable bonds is 2. The third-order valence-electron chi connectivity index (χ3n) is 1.86. The topological polar surface area (TPSA) is 26.0 Å². The summed E-state index contributed by atoms with van der Waals surface area (Å²) in [5.41, 5.74) is 2.81. The highest BCUT2D eigenvalue weighted by Gasteiger charge is 2.05. The number of aromatic nitrogens is 1. The minimum Gasteiger partial charge on any atom is -0.363 e. The number of hydrogen-bond donors (Lipinski definition) is 0. The van der Waals surface area contributed by atoms with E-state index in [-0.39, 0.29) is 0 Å². The van der Waals surface area contributed by atoms with E-state index in [1.54, 1.807) is 12.3 Å². The summed E-state index contributed by atoms with van der Waals surface area (Å²) in [4.78, 5) is 0. The lowest BCUT2D eigenvalue weighted by atomic mass is 10.1. The maximum absolute atomic E-state index is 4.87. The molecule has 2 nitrogen and oxygen atoms in total. The molecule has 0 aliphatic carbocycles. The highest BCUT2D eigenvalue weighted by molar-refractivity contribution is 5.70. The van der Waals surface area contributed by atoms with Gasteiger partial charge in [-0.2, -0.15) is 0 Å². The van der Waals surface area contributed by atoms with Crippen LogP contribution in [0, 0.1) is 0 Å². The van der Waals surface area contributed by atoms with Gasteiger partial charge in [0.15, 0.2) is 0 Å². The number of nitrogens with zero attached hydrogens (tertiary/aromatic N) is 1. The van der Waals surface area contributed by atoms with Gasteiger partial charge in [-0.3, -0.25) is 0 Å². The Bertz CT molecular complexity index is 403. The van der Waals surface area contributed by atoms with Crippen LogP contribution in [0.5, 0.6) is 0 Å². The van der Waals surface area contributed by atoms with Gasteiger partial charge >= 0.3 is 0 Å². The maximum atomic E-state index is 4.87. The van der Waals surface area contributed by atoms with Crippen LogP contribution in [-0.2, 0) is 0 Å². The Morgan fingerprint density at radius 1 is 1.23 bits per heavy atom. The first-order chi connectivity index (χ1) is 6.42. The molecule has 2 aromatic rings. The van der Waals surface area contributed by atoms with E-state index in [9.17, 15) is 0 Å². The first kappa shape index (κ1) is 7.80. The summed E-state index contributed by atoms with van der Waals surface area (Å²) in [7, 11) is 0. The van der Waals surface area contributed by atoms with Crippen LogP contribution in [0.4, 0.5) is 0 Å². The van der Waals surface area contributed by atoms with E-state index in [2.05, 4.69) is 11.7 Å². The van der Waals surface area contributed by atoms with Crippen molar-refractivity contribution in [3.05, 3.63) is 48.7 Å². The van der Waals surface area contributed by atoms with Crippen molar-refractivity contribution in [2.45, 2.75) is 0 Å². The lowest BCUT2D eigenvalue weighted by Gasteiger charge is -1.94. The normalized spacial score (nSPS) is 9.85. The Hall–Kier alpha value is -1.83. The Morgan fingerprint density at radius 2 is 2.00 bits per heavy atom. The van der Waals surface area contributed by atoms with Gasteiger partial charge < -0.3 is 4.52 Å². The summed E-state index contributed by atoms with van der Waals surface area (Å²) in [5.74, 6) is 0. The molecule has 0 aliphatic heterocycles. The molecule has 0 amide bonds. The molecule has 2 heteroatoms. The van der Waals surface area contributed by atoms with Gasteiger partial charge in [-0.15, -0.1) is 0 Å². The minimum absolute atomic E-state index is 0.843. The second-order valence-corrected chi connectivity index (χ2v) is 2.69. The van der Waals surface area contributed by atoms with Crippen molar-refractivity contribution in [3.63, 3.8) is 0 Å². The molecule has 1 aromatic carbocycles. The standard InChI is InChI=1S/C11H9NO/c1-2-9-8-13-12-11(9)10-6-4-3-5-7-10/h2-8H,1H2. The van der Waals surface area contributed by atoms with Gasteiger partial charge in [0.25, 0.3) is 0 Å². The molecule has 64 valence electrons. The zero-order valence-corrected chi connectivity index (χ0v) is 7.10. The summed E-state index contributed by atoms with van der Waals surface area (Å²) < 4.78 is 4.87. The summed E-state index contributed by atoms with van der Waals surface area (Å²) in [6, 6.07) is 9.89. The summed E-state index contributed by atoms with van der Waals surface area (Å²) in [6.45, 7) is 3.69. The fourth-order valence-electron chi connectivity index (χ4n) is 1.20. The van der Waals surface area contributed by atoms with Crippen molar-refractivity contribution in [2.24, 2.45) is 0 Å². The smallest absolute Gasteiger partial charge is 0.131 e. The number of hydrogen-bond acceptors (Lipinski definition) is 2. The van der Waals surface area contributed by atoms with E-state index in [1.165, 1.54) is 0 Å². The monoisotopic (exact) mass is 171 g/mol. The molecule has 0 unspecified atom stereocenters. The average Bonchev–Trinajstić information content (AvgIpc) is 2.67. The van der Waals surface area contributed by atoms with Crippen LogP contribution in [-0.4, -0.2) is 5.16 Å². The van der Waals surface area contributed by atoms with Crippen LogP contribution in [0.3, 0.4) is 0 Å². The highest BCUT2D eigenvalue weighted by atomic mass is 16.5. The first-order valence-electron chi connectivity index (χ1n) is 4.04. The molecule has 0 spiro atoms. The molecule has 0 saturated heterocycles. The second kappa shape index (κ2) is 3.27. The molecular formula is C11H9NO. The summed E-state index contributed by atoms with van der Waals surface area (Å²) >= 11 is 0. The third kappa shape index (κ3) is 1.38. The molecule has 2 rings (SSSR count). The van der Waals surface area contributed by atoms with Crippen LogP contribution in [0.1, 0.15) is 5.56 Å². The van der Waals surface area contributed by atoms with Crippen LogP contribution in [0.25, 0.3) is 17.3 Å². The second-order valence-electron chi connectivity index (χ2n) is 2.69. The molecule has 0 saturated carbocycles. The van der Waals surface area contributed by atoms with E-state index in [0.29, 0.717) is 0 Å². The lowest BCUT2D eigenvalue weighted by molar-refractivity contribution is 0.422. The van der Waals surface area contributed by atoms with Gasteiger partial charge in [-0.1, -0.05) is 48.1 Å². The lowest BCUT2D eigenvalue weighted by Crippen LogP contribution is -1.78. The van der Waals surface area contributed by atoms with Crippen molar-refractivity contribution in [1.29, 1.82) is 0 Å². The van der Waals surface area contributed by atoms with Gasteiger partial charge in [0.1, 0.15) is 12.0 Å². The molecular weight excluding hydrogens is 162 g/mol. The van der Waals surface area contributed by atoms with E-state index >= 15 is 0 Å². The van der Waals surface area contributed by atoms with Gasteiger partial charge in [0, 0.05) is 11.1 Å². The van der Waals surface area contributed by atoms with E-state index in [0.717, 1.165) is 16.8 Å². The van der Waals surface area contributed by atoms with Crippen LogP contribution in [0.2, 0.25) is 0 Å². The van der Waals surface area contributed by atoms with Crippen molar-refractivity contribution in [2.75, 3.05) is 0 Å². The summed E-state index contributed by atoms with van der Waals surface area (Å²) in [5, 5.41) is 3.91. The SMILES string of the molecule is C=Cc1conc1-c1ccccc1. The van der Waals surface area contributed by atoms with E-state index in [1.807, 2.05) is 30.3 Å². The molecule has 0 radical (unpaired) electrons. The quantitative estimate of drug-likeness (QED) is 0.694. The Labute approximate surface area is 76.5 Å². The maximum Gasteiger partial charge on any atom is 0.131 e. The van der Waals surface area contributed by atoms with Crippen LogP contribution >= 0.6 is 0 Å². The fourth-order valence-corrected chi connectivity index (χ4v) is 1.20. The van der Waals surface area contributed by atoms with Gasteiger partial charge in [-0.25, -0.2) is 0 Å². The van der Waals surface area contributed by atoms with Crippen molar-refractivity contribution in [3.8, 4) is 11.3 Å². The first-order valence-corrected chi connectivity index (χ1v) is 4.04. The highest BCUT2D eigenvalue weighted by Crippen LogP contribution is 2.21. The molecule has 0 bridgehead atoms. The average molecular weight is 171 g/mol. The van der Waals surface area contributed by atoms with Gasteiger partial charge in [-0.05, 0) is 0 Å². The van der Waals surface area contributed by atoms with Crippen LogP contribution < -0.4 is 0 Å². The predicted octanol–water partition coefficient (Wildman–Crippen LogP) is 2.98. The molecule has 0 aliphatic rings. The Morgan fingerprint density at radius 3 is 2.69 bits per heavy atom. The zero-order valence-electron chi connectivity index (χ0n) is 7.10. The number of benzene rings is 1.